The van der Waals surface area contributed by atoms with Gasteiger partial charge in [-0.1, -0.05) is 18.2 Å². The van der Waals surface area contributed by atoms with Gasteiger partial charge in [-0.3, -0.25) is 14.6 Å². The van der Waals surface area contributed by atoms with Crippen LogP contribution in [0.2, 0.25) is 0 Å². The first-order valence-electron chi connectivity index (χ1n) is 9.60. The minimum absolute atomic E-state index is 0.00500. The lowest BCUT2D eigenvalue weighted by molar-refractivity contribution is -0.142. The lowest BCUT2D eigenvalue weighted by Gasteiger charge is -2.26. The van der Waals surface area contributed by atoms with Crippen LogP contribution in [0.5, 0.6) is 0 Å². The van der Waals surface area contributed by atoms with E-state index in [1.165, 1.54) is 0 Å². The van der Waals surface area contributed by atoms with Crippen LogP contribution in [0.4, 0.5) is 10.5 Å². The van der Waals surface area contributed by atoms with E-state index in [9.17, 15) is 14.4 Å². The van der Waals surface area contributed by atoms with E-state index in [1.54, 1.807) is 42.6 Å². The number of benzene rings is 1. The van der Waals surface area contributed by atoms with Gasteiger partial charge < -0.3 is 21.1 Å². The number of carboxylic acids is 1. The fourth-order valence-electron chi connectivity index (χ4n) is 3.35. The van der Waals surface area contributed by atoms with Crippen molar-refractivity contribution in [3.05, 3.63) is 59.9 Å². The van der Waals surface area contributed by atoms with Crippen molar-refractivity contribution in [2.24, 2.45) is 5.92 Å². The maximum atomic E-state index is 12.2. The summed E-state index contributed by atoms with van der Waals surface area (Å²) in [6, 6.07) is 12.0. The zero-order valence-electron chi connectivity index (χ0n) is 15.9. The standard InChI is InChI=1S/C21H24N4O4/c26-19(18-6-1-2-11-22-18)24-17-5-3-4-14(12-17)13-23-21(29)25-16-9-7-15(8-10-16)20(27)28/h1-6,11-12,15-16H,7-10,13H2,(H,24,26)(H,27,28)(H2,23,25,29). The van der Waals surface area contributed by atoms with E-state index < -0.39 is 5.97 Å². The third kappa shape index (κ3) is 6.03. The normalized spacial score (nSPS) is 18.5. The number of hydrogen-bond donors (Lipinski definition) is 4. The number of hydrogen-bond acceptors (Lipinski definition) is 4. The Morgan fingerprint density at radius 3 is 2.52 bits per heavy atom. The van der Waals surface area contributed by atoms with Crippen LogP contribution in [0.3, 0.4) is 0 Å². The Kier molecular flexibility index (Phi) is 6.78. The third-order valence-electron chi connectivity index (χ3n) is 4.95. The summed E-state index contributed by atoms with van der Waals surface area (Å²) in [5.74, 6) is -1.37. The summed E-state index contributed by atoms with van der Waals surface area (Å²) in [4.78, 5) is 39.3. The van der Waals surface area contributed by atoms with Gasteiger partial charge in [-0.05, 0) is 55.5 Å². The number of pyridine rings is 1. The SMILES string of the molecule is O=C(NCc1cccc(NC(=O)c2ccccn2)c1)NC1CCC(C(=O)O)CC1. The lowest BCUT2D eigenvalue weighted by Crippen LogP contribution is -2.43. The van der Waals surface area contributed by atoms with Crippen molar-refractivity contribution in [1.29, 1.82) is 0 Å². The first-order chi connectivity index (χ1) is 14.0. The molecule has 2 aromatic rings. The zero-order valence-corrected chi connectivity index (χ0v) is 15.9. The number of aromatic nitrogens is 1. The number of amides is 3. The van der Waals surface area contributed by atoms with Gasteiger partial charge in [0.15, 0.2) is 0 Å². The van der Waals surface area contributed by atoms with Gasteiger partial charge in [0.2, 0.25) is 0 Å². The molecule has 8 nitrogen and oxygen atoms in total. The molecule has 1 fully saturated rings. The number of rotatable bonds is 6. The molecular formula is C21H24N4O4. The molecule has 1 aromatic heterocycles. The summed E-state index contributed by atoms with van der Waals surface area (Å²) < 4.78 is 0. The molecule has 8 heteroatoms. The number of nitrogens with zero attached hydrogens (tertiary/aromatic N) is 1. The number of aliphatic carboxylic acids is 1. The van der Waals surface area contributed by atoms with Gasteiger partial charge in [-0.2, -0.15) is 0 Å². The first kappa shape index (κ1) is 20.3. The van der Waals surface area contributed by atoms with Gasteiger partial charge in [-0.15, -0.1) is 0 Å². The first-order valence-corrected chi connectivity index (χ1v) is 9.60. The maximum Gasteiger partial charge on any atom is 0.315 e. The largest absolute Gasteiger partial charge is 0.481 e. The highest BCUT2D eigenvalue weighted by Crippen LogP contribution is 2.24. The van der Waals surface area contributed by atoms with Crippen LogP contribution in [0, 0.1) is 5.92 Å². The Morgan fingerprint density at radius 1 is 1.03 bits per heavy atom. The van der Waals surface area contributed by atoms with Gasteiger partial charge in [0, 0.05) is 24.5 Å². The summed E-state index contributed by atoms with van der Waals surface area (Å²) in [5, 5.41) is 17.5. The molecule has 4 N–H and O–H groups in total. The van der Waals surface area contributed by atoms with E-state index in [2.05, 4.69) is 20.9 Å². The molecule has 29 heavy (non-hydrogen) atoms. The Balaban J connectivity index is 1.46. The van der Waals surface area contributed by atoms with Crippen molar-refractivity contribution in [3.8, 4) is 0 Å². The highest BCUT2D eigenvalue weighted by atomic mass is 16.4. The fraction of sp³-hybridized carbons (Fsp3) is 0.333. The number of anilines is 1. The topological polar surface area (TPSA) is 120 Å². The average Bonchev–Trinajstić information content (AvgIpc) is 2.73. The number of urea groups is 1. The average molecular weight is 396 g/mol. The second-order valence-electron chi connectivity index (χ2n) is 7.08. The lowest BCUT2D eigenvalue weighted by atomic mass is 9.86. The van der Waals surface area contributed by atoms with Crippen LogP contribution in [-0.4, -0.2) is 34.0 Å². The van der Waals surface area contributed by atoms with E-state index in [4.69, 9.17) is 5.11 Å². The highest BCUT2D eigenvalue weighted by Gasteiger charge is 2.26. The molecular weight excluding hydrogens is 372 g/mol. The molecule has 0 spiro atoms. The molecule has 0 unspecified atom stereocenters. The molecule has 1 aliphatic carbocycles. The van der Waals surface area contributed by atoms with Crippen molar-refractivity contribution in [2.75, 3.05) is 5.32 Å². The second kappa shape index (κ2) is 9.68. The van der Waals surface area contributed by atoms with Crippen molar-refractivity contribution in [2.45, 2.75) is 38.3 Å². The summed E-state index contributed by atoms with van der Waals surface area (Å²) in [6.45, 7) is 0.309. The second-order valence-corrected chi connectivity index (χ2v) is 7.08. The highest BCUT2D eigenvalue weighted by molar-refractivity contribution is 6.02. The van der Waals surface area contributed by atoms with Gasteiger partial charge >= 0.3 is 12.0 Å². The summed E-state index contributed by atoms with van der Waals surface area (Å²) in [7, 11) is 0. The fourth-order valence-corrected chi connectivity index (χ4v) is 3.35. The molecule has 1 saturated carbocycles. The van der Waals surface area contributed by atoms with Crippen LogP contribution >= 0.6 is 0 Å². The minimum atomic E-state index is -0.761. The van der Waals surface area contributed by atoms with Gasteiger partial charge in [-0.25, -0.2) is 4.79 Å². The quantitative estimate of drug-likeness (QED) is 0.598. The molecule has 1 aromatic carbocycles. The van der Waals surface area contributed by atoms with E-state index >= 15 is 0 Å². The van der Waals surface area contributed by atoms with Crippen LogP contribution < -0.4 is 16.0 Å². The molecule has 3 rings (SSSR count). The number of nitrogens with one attached hydrogen (secondary N) is 3. The van der Waals surface area contributed by atoms with Crippen LogP contribution in [-0.2, 0) is 11.3 Å². The van der Waals surface area contributed by atoms with E-state index in [-0.39, 0.29) is 23.9 Å². The predicted octanol–water partition coefficient (Wildman–Crippen LogP) is 2.78. The summed E-state index contributed by atoms with van der Waals surface area (Å²) in [6.07, 6.45) is 4.05. The van der Waals surface area contributed by atoms with Crippen molar-refractivity contribution in [1.82, 2.24) is 15.6 Å². The van der Waals surface area contributed by atoms with Crippen LogP contribution in [0.1, 0.15) is 41.7 Å². The molecule has 0 saturated heterocycles. The van der Waals surface area contributed by atoms with Crippen molar-refractivity contribution >= 4 is 23.6 Å². The van der Waals surface area contributed by atoms with Crippen molar-refractivity contribution < 1.29 is 19.5 Å². The van der Waals surface area contributed by atoms with E-state index in [0.717, 1.165) is 5.56 Å². The third-order valence-corrected chi connectivity index (χ3v) is 4.95. The minimum Gasteiger partial charge on any atom is -0.481 e. The van der Waals surface area contributed by atoms with E-state index in [1.807, 2.05) is 6.07 Å². The van der Waals surface area contributed by atoms with E-state index in [0.29, 0.717) is 43.6 Å². The Morgan fingerprint density at radius 2 is 1.83 bits per heavy atom. The molecule has 3 amide bonds. The van der Waals surface area contributed by atoms with Gasteiger partial charge in [0.1, 0.15) is 5.69 Å². The summed E-state index contributed by atoms with van der Waals surface area (Å²) in [5.41, 5.74) is 1.79. The summed E-state index contributed by atoms with van der Waals surface area (Å²) >= 11 is 0. The predicted molar refractivity (Wildman–Crippen MR) is 107 cm³/mol. The Labute approximate surface area is 168 Å². The maximum absolute atomic E-state index is 12.2. The molecule has 0 radical (unpaired) electrons. The Hall–Kier alpha value is -3.42. The molecule has 1 heterocycles. The smallest absolute Gasteiger partial charge is 0.315 e. The number of carbonyl (C=O) groups is 3. The Bertz CT molecular complexity index is 864. The number of carboxylic acid groups (broad SMARTS) is 1. The van der Waals surface area contributed by atoms with Crippen molar-refractivity contribution in [3.63, 3.8) is 0 Å². The monoisotopic (exact) mass is 396 g/mol. The molecule has 0 bridgehead atoms. The molecule has 152 valence electrons. The zero-order chi connectivity index (χ0) is 20.6. The molecule has 0 atom stereocenters. The van der Waals surface area contributed by atoms with Crippen LogP contribution in [0.15, 0.2) is 48.7 Å². The van der Waals surface area contributed by atoms with Gasteiger partial charge in [0.25, 0.3) is 5.91 Å². The number of carbonyl (C=O) groups excluding carboxylic acids is 2. The molecule has 0 aliphatic heterocycles. The molecule has 1 aliphatic rings. The van der Waals surface area contributed by atoms with Crippen LogP contribution in [0.25, 0.3) is 0 Å². The van der Waals surface area contributed by atoms with Gasteiger partial charge in [0.05, 0.1) is 5.92 Å².